The van der Waals surface area contributed by atoms with Gasteiger partial charge in [0.25, 0.3) is 0 Å². The van der Waals surface area contributed by atoms with Gasteiger partial charge in [0.2, 0.25) is 0 Å². The Morgan fingerprint density at radius 3 is 3.13 bits per heavy atom. The molecule has 8 nitrogen and oxygen atoms in total. The summed E-state index contributed by atoms with van der Waals surface area (Å²) >= 11 is 0. The molecule has 0 aliphatic carbocycles. The van der Waals surface area contributed by atoms with Crippen molar-refractivity contribution in [3.63, 3.8) is 0 Å². The van der Waals surface area contributed by atoms with Crippen LogP contribution in [0.25, 0.3) is 11.2 Å². The fourth-order valence-corrected chi connectivity index (χ4v) is 2.56. The lowest BCUT2D eigenvalue weighted by Crippen LogP contribution is -2.26. The summed E-state index contributed by atoms with van der Waals surface area (Å²) in [5.41, 5.74) is 7.98. The highest BCUT2D eigenvalue weighted by atomic mass is 16.6. The average molecular weight is 319 g/mol. The van der Waals surface area contributed by atoms with Crippen LogP contribution in [-0.2, 0) is 9.47 Å². The molecule has 1 aliphatic rings. The summed E-state index contributed by atoms with van der Waals surface area (Å²) in [5.74, 6) is 0.326. The fraction of sp³-hybridized carbons (Fsp3) is 0.533. The Bertz CT molecular complexity index is 701. The number of aliphatic hydroxyl groups is 1. The fourth-order valence-electron chi connectivity index (χ4n) is 2.56. The van der Waals surface area contributed by atoms with E-state index in [2.05, 4.69) is 21.5 Å². The van der Waals surface area contributed by atoms with Gasteiger partial charge in [0.1, 0.15) is 24.2 Å². The van der Waals surface area contributed by atoms with Gasteiger partial charge < -0.3 is 20.3 Å². The third-order valence-corrected chi connectivity index (χ3v) is 3.86. The van der Waals surface area contributed by atoms with Gasteiger partial charge in [-0.1, -0.05) is 5.57 Å². The summed E-state index contributed by atoms with van der Waals surface area (Å²) in [6.07, 6.45) is 2.93. The number of rotatable bonds is 6. The molecule has 1 fully saturated rings. The molecule has 0 amide bonds. The van der Waals surface area contributed by atoms with E-state index in [4.69, 9.17) is 15.2 Å². The van der Waals surface area contributed by atoms with Crippen molar-refractivity contribution in [2.24, 2.45) is 0 Å². The maximum atomic E-state index is 10.2. The van der Waals surface area contributed by atoms with Crippen LogP contribution in [0.15, 0.2) is 24.8 Å². The van der Waals surface area contributed by atoms with Crippen LogP contribution in [-0.4, -0.2) is 50.0 Å². The molecule has 2 aromatic rings. The van der Waals surface area contributed by atoms with E-state index in [0.29, 0.717) is 36.6 Å². The minimum absolute atomic E-state index is 0.326. The largest absolute Gasteiger partial charge is 0.390 e. The van der Waals surface area contributed by atoms with E-state index in [1.807, 2.05) is 6.92 Å². The quantitative estimate of drug-likeness (QED) is 0.605. The number of imidazole rings is 1. The van der Waals surface area contributed by atoms with Crippen LogP contribution in [0.3, 0.4) is 0 Å². The third kappa shape index (κ3) is 3.34. The minimum atomic E-state index is -0.596. The first-order valence-corrected chi connectivity index (χ1v) is 7.55. The molecule has 2 aromatic heterocycles. The SMILES string of the molecule is C=C(C)CCOC[C@H]1O[C@@H](n2cnc3c(N)ncnc32)C[C@@H]1O. The van der Waals surface area contributed by atoms with Gasteiger partial charge in [-0.05, 0) is 13.3 Å². The molecule has 3 heterocycles. The maximum Gasteiger partial charge on any atom is 0.167 e. The zero-order valence-corrected chi connectivity index (χ0v) is 13.1. The number of fused-ring (bicyclic) bond motifs is 1. The lowest BCUT2D eigenvalue weighted by molar-refractivity contribution is -0.0608. The zero-order chi connectivity index (χ0) is 16.4. The van der Waals surface area contributed by atoms with Crippen molar-refractivity contribution in [1.29, 1.82) is 0 Å². The van der Waals surface area contributed by atoms with E-state index >= 15 is 0 Å². The predicted molar refractivity (Wildman–Crippen MR) is 84.5 cm³/mol. The Hall–Kier alpha value is -2.03. The van der Waals surface area contributed by atoms with Gasteiger partial charge in [0.05, 0.1) is 25.6 Å². The number of nitrogens with zero attached hydrogens (tertiary/aromatic N) is 4. The monoisotopic (exact) mass is 319 g/mol. The molecular weight excluding hydrogens is 298 g/mol. The first-order chi connectivity index (χ1) is 11.1. The van der Waals surface area contributed by atoms with E-state index < -0.39 is 6.10 Å². The highest BCUT2D eigenvalue weighted by Gasteiger charge is 2.35. The molecule has 23 heavy (non-hydrogen) atoms. The van der Waals surface area contributed by atoms with Gasteiger partial charge in [0, 0.05) is 6.42 Å². The Morgan fingerprint density at radius 2 is 2.35 bits per heavy atom. The van der Waals surface area contributed by atoms with Crippen LogP contribution in [0.5, 0.6) is 0 Å². The number of nitrogens with two attached hydrogens (primary N) is 1. The van der Waals surface area contributed by atoms with Gasteiger partial charge in [-0.15, -0.1) is 6.58 Å². The standard InChI is InChI=1S/C15H21N5O3/c1-9(2)3-4-22-6-11-10(21)5-12(23-11)20-8-19-13-14(16)17-7-18-15(13)20/h7-8,10-12,21H,1,3-6H2,2H3,(H2,16,17,18)/t10-,11+,12+/m0/s1. The third-order valence-electron chi connectivity index (χ3n) is 3.86. The van der Waals surface area contributed by atoms with Crippen LogP contribution in [0.2, 0.25) is 0 Å². The van der Waals surface area contributed by atoms with Crippen molar-refractivity contribution < 1.29 is 14.6 Å². The molecule has 124 valence electrons. The number of nitrogen functional groups attached to an aromatic ring is 1. The first-order valence-electron chi connectivity index (χ1n) is 7.55. The van der Waals surface area contributed by atoms with Gasteiger partial charge >= 0.3 is 0 Å². The van der Waals surface area contributed by atoms with Gasteiger partial charge in [-0.2, -0.15) is 0 Å². The van der Waals surface area contributed by atoms with Gasteiger partial charge in [-0.3, -0.25) is 4.57 Å². The second-order valence-electron chi connectivity index (χ2n) is 5.80. The summed E-state index contributed by atoms with van der Waals surface area (Å²) in [6.45, 7) is 6.70. The van der Waals surface area contributed by atoms with Crippen molar-refractivity contribution in [2.75, 3.05) is 18.9 Å². The molecule has 1 aliphatic heterocycles. The number of anilines is 1. The van der Waals surface area contributed by atoms with E-state index in [0.717, 1.165) is 12.0 Å². The summed E-state index contributed by atoms with van der Waals surface area (Å²) in [7, 11) is 0. The Kier molecular flexibility index (Phi) is 4.56. The predicted octanol–water partition coefficient (Wildman–Crippen LogP) is 1.04. The van der Waals surface area contributed by atoms with E-state index in [1.54, 1.807) is 10.9 Å². The van der Waals surface area contributed by atoms with E-state index in [-0.39, 0.29) is 12.3 Å². The summed E-state index contributed by atoms with van der Waals surface area (Å²) in [5, 5.41) is 10.2. The van der Waals surface area contributed by atoms with Gasteiger partial charge in [0.15, 0.2) is 11.5 Å². The first kappa shape index (κ1) is 15.9. The Balaban J connectivity index is 1.65. The molecular formula is C15H21N5O3. The molecule has 0 saturated carbocycles. The summed E-state index contributed by atoms with van der Waals surface area (Å²) < 4.78 is 13.2. The molecule has 3 rings (SSSR count). The molecule has 3 N–H and O–H groups in total. The smallest absolute Gasteiger partial charge is 0.167 e. The maximum absolute atomic E-state index is 10.2. The minimum Gasteiger partial charge on any atom is -0.390 e. The second-order valence-corrected chi connectivity index (χ2v) is 5.80. The molecule has 0 spiro atoms. The highest BCUT2D eigenvalue weighted by Crippen LogP contribution is 2.31. The lowest BCUT2D eigenvalue weighted by Gasteiger charge is -2.16. The average Bonchev–Trinajstić information content (AvgIpc) is 3.08. The lowest BCUT2D eigenvalue weighted by atomic mass is 10.2. The molecule has 1 saturated heterocycles. The number of hydrogen-bond acceptors (Lipinski definition) is 7. The van der Waals surface area contributed by atoms with E-state index in [9.17, 15) is 5.11 Å². The van der Waals surface area contributed by atoms with E-state index in [1.165, 1.54) is 6.33 Å². The van der Waals surface area contributed by atoms with Crippen molar-refractivity contribution in [3.8, 4) is 0 Å². The normalized spacial score (nSPS) is 24.3. The summed E-state index contributed by atoms with van der Waals surface area (Å²) in [6, 6.07) is 0. The molecule has 0 aromatic carbocycles. The molecule has 0 unspecified atom stereocenters. The molecule has 0 radical (unpaired) electrons. The zero-order valence-electron chi connectivity index (χ0n) is 13.1. The molecule has 3 atom stereocenters. The topological polar surface area (TPSA) is 108 Å². The Morgan fingerprint density at radius 1 is 1.52 bits per heavy atom. The van der Waals surface area contributed by atoms with Crippen LogP contribution < -0.4 is 5.73 Å². The van der Waals surface area contributed by atoms with Crippen molar-refractivity contribution in [3.05, 3.63) is 24.8 Å². The van der Waals surface area contributed by atoms with Crippen LogP contribution in [0.4, 0.5) is 5.82 Å². The molecule has 8 heteroatoms. The number of aliphatic hydroxyl groups excluding tert-OH is 1. The van der Waals surface area contributed by atoms with Crippen LogP contribution in [0, 0.1) is 0 Å². The number of ether oxygens (including phenoxy) is 2. The Labute approximate surface area is 134 Å². The van der Waals surface area contributed by atoms with Crippen LogP contribution in [0.1, 0.15) is 26.0 Å². The van der Waals surface area contributed by atoms with Crippen molar-refractivity contribution in [1.82, 2.24) is 19.5 Å². The molecule has 0 bridgehead atoms. The summed E-state index contributed by atoms with van der Waals surface area (Å²) in [4.78, 5) is 12.3. The van der Waals surface area contributed by atoms with Crippen LogP contribution >= 0.6 is 0 Å². The van der Waals surface area contributed by atoms with Crippen molar-refractivity contribution >= 4 is 17.0 Å². The highest BCUT2D eigenvalue weighted by molar-refractivity contribution is 5.81. The van der Waals surface area contributed by atoms with Gasteiger partial charge in [-0.25, -0.2) is 15.0 Å². The van der Waals surface area contributed by atoms with Crippen molar-refractivity contribution in [2.45, 2.75) is 38.2 Å². The second kappa shape index (κ2) is 6.61. The number of aromatic nitrogens is 4. The number of hydrogen-bond donors (Lipinski definition) is 2.